The van der Waals surface area contributed by atoms with Crippen LogP contribution in [0, 0.1) is 0 Å². The van der Waals surface area contributed by atoms with Gasteiger partial charge in [0.05, 0.1) is 5.57 Å². The van der Waals surface area contributed by atoms with E-state index in [4.69, 9.17) is 28.9 Å². The van der Waals surface area contributed by atoms with Crippen LogP contribution in [0.2, 0.25) is 10.0 Å². The van der Waals surface area contributed by atoms with Crippen LogP contribution in [0.25, 0.3) is 11.4 Å². The maximum atomic E-state index is 12.2. The Labute approximate surface area is 165 Å². The van der Waals surface area contributed by atoms with Crippen molar-refractivity contribution in [1.29, 1.82) is 0 Å². The van der Waals surface area contributed by atoms with Crippen LogP contribution >= 0.6 is 23.2 Å². The van der Waals surface area contributed by atoms with Crippen LogP contribution in [0.1, 0.15) is 18.5 Å². The maximum absolute atomic E-state index is 12.2. The molecule has 0 fully saturated rings. The number of allylic oxidation sites excluding steroid dienone is 1. The predicted molar refractivity (Wildman–Crippen MR) is 106 cm³/mol. The maximum Gasteiger partial charge on any atom is 0.248 e. The lowest BCUT2D eigenvalue weighted by Crippen LogP contribution is -2.31. The SMILES string of the molecule is CC1=C(C(N)=O)C(c2ccc(Cl)cc2)n2nc(-c3cccc(Cl)c3)nc2N1. The van der Waals surface area contributed by atoms with Crippen LogP contribution in [0.15, 0.2) is 59.8 Å². The first-order valence-electron chi connectivity index (χ1n) is 8.19. The van der Waals surface area contributed by atoms with Gasteiger partial charge >= 0.3 is 0 Å². The number of nitrogens with one attached hydrogen (secondary N) is 1. The summed E-state index contributed by atoms with van der Waals surface area (Å²) in [6.45, 7) is 1.79. The second-order valence-corrected chi connectivity index (χ2v) is 7.07. The molecule has 2 aromatic carbocycles. The van der Waals surface area contributed by atoms with E-state index < -0.39 is 11.9 Å². The molecule has 0 bridgehead atoms. The lowest BCUT2D eigenvalue weighted by Gasteiger charge is -2.27. The van der Waals surface area contributed by atoms with E-state index in [2.05, 4.69) is 15.4 Å². The van der Waals surface area contributed by atoms with E-state index in [0.29, 0.717) is 33.1 Å². The lowest BCUT2D eigenvalue weighted by atomic mass is 9.95. The summed E-state index contributed by atoms with van der Waals surface area (Å²) >= 11 is 12.1. The van der Waals surface area contributed by atoms with Crippen molar-refractivity contribution in [1.82, 2.24) is 14.8 Å². The van der Waals surface area contributed by atoms with Crippen LogP contribution < -0.4 is 11.1 Å². The first-order chi connectivity index (χ1) is 12.9. The molecule has 0 saturated heterocycles. The van der Waals surface area contributed by atoms with Gasteiger partial charge in [-0.1, -0.05) is 47.5 Å². The van der Waals surface area contributed by atoms with Crippen molar-refractivity contribution in [3.8, 4) is 11.4 Å². The average molecular weight is 400 g/mol. The third kappa shape index (κ3) is 3.18. The molecule has 1 atom stereocenters. The monoisotopic (exact) mass is 399 g/mol. The number of benzene rings is 2. The quantitative estimate of drug-likeness (QED) is 0.695. The number of carbonyl (C=O) groups excluding carboxylic acids is 1. The van der Waals surface area contributed by atoms with Crippen LogP contribution in [-0.2, 0) is 4.79 Å². The van der Waals surface area contributed by atoms with Crippen molar-refractivity contribution in [3.05, 3.63) is 75.4 Å². The van der Waals surface area contributed by atoms with Gasteiger partial charge in [0.2, 0.25) is 11.9 Å². The molecule has 2 heterocycles. The van der Waals surface area contributed by atoms with Crippen LogP contribution in [0.5, 0.6) is 0 Å². The third-order valence-electron chi connectivity index (χ3n) is 4.39. The third-order valence-corrected chi connectivity index (χ3v) is 4.87. The van der Waals surface area contributed by atoms with Crippen molar-refractivity contribution in [2.45, 2.75) is 13.0 Å². The highest BCUT2D eigenvalue weighted by molar-refractivity contribution is 6.31. The highest BCUT2D eigenvalue weighted by Crippen LogP contribution is 2.36. The molecule has 1 amide bonds. The Morgan fingerprint density at radius 1 is 1.15 bits per heavy atom. The Bertz CT molecular complexity index is 1070. The number of nitrogens with two attached hydrogens (primary N) is 1. The fourth-order valence-corrected chi connectivity index (χ4v) is 3.49. The van der Waals surface area contributed by atoms with Gasteiger partial charge in [-0.2, -0.15) is 4.98 Å². The molecule has 0 aliphatic carbocycles. The number of hydrogen-bond acceptors (Lipinski definition) is 4. The number of fused-ring (bicyclic) bond motifs is 1. The molecule has 136 valence electrons. The van der Waals surface area contributed by atoms with Crippen molar-refractivity contribution >= 4 is 35.1 Å². The number of primary amides is 1. The summed E-state index contributed by atoms with van der Waals surface area (Å²) in [5.74, 6) is 0.496. The normalized spacial score (nSPS) is 16.0. The van der Waals surface area contributed by atoms with E-state index in [9.17, 15) is 4.79 Å². The second-order valence-electron chi connectivity index (χ2n) is 6.20. The van der Waals surface area contributed by atoms with E-state index >= 15 is 0 Å². The van der Waals surface area contributed by atoms with Crippen molar-refractivity contribution < 1.29 is 4.79 Å². The fourth-order valence-electron chi connectivity index (χ4n) is 3.17. The molecule has 27 heavy (non-hydrogen) atoms. The Hall–Kier alpha value is -2.83. The molecule has 8 heteroatoms. The van der Waals surface area contributed by atoms with Gasteiger partial charge in [0, 0.05) is 21.3 Å². The van der Waals surface area contributed by atoms with Crippen molar-refractivity contribution in [2.24, 2.45) is 5.73 Å². The Morgan fingerprint density at radius 3 is 2.56 bits per heavy atom. The molecule has 1 aliphatic heterocycles. The molecule has 3 N–H and O–H groups in total. The van der Waals surface area contributed by atoms with E-state index in [1.165, 1.54) is 0 Å². The summed E-state index contributed by atoms with van der Waals surface area (Å²) in [5.41, 5.74) is 8.34. The molecule has 3 aromatic rings. The molecule has 1 aliphatic rings. The van der Waals surface area contributed by atoms with Gasteiger partial charge in [-0.3, -0.25) is 4.79 Å². The lowest BCUT2D eigenvalue weighted by molar-refractivity contribution is -0.115. The first kappa shape index (κ1) is 17.6. The summed E-state index contributed by atoms with van der Waals surface area (Å²) < 4.78 is 1.66. The average Bonchev–Trinajstić information content (AvgIpc) is 3.04. The minimum absolute atomic E-state index is 0.423. The molecule has 0 radical (unpaired) electrons. The minimum Gasteiger partial charge on any atom is -0.366 e. The summed E-state index contributed by atoms with van der Waals surface area (Å²) in [6.07, 6.45) is 0. The van der Waals surface area contributed by atoms with E-state index in [1.807, 2.05) is 24.3 Å². The molecular formula is C19H15Cl2N5O. The predicted octanol–water partition coefficient (Wildman–Crippen LogP) is 4.03. The van der Waals surface area contributed by atoms with Crippen LogP contribution in [0.3, 0.4) is 0 Å². The number of anilines is 1. The van der Waals surface area contributed by atoms with Gasteiger partial charge in [0.15, 0.2) is 5.82 Å². The largest absolute Gasteiger partial charge is 0.366 e. The second kappa shape index (κ2) is 6.72. The number of rotatable bonds is 3. The van der Waals surface area contributed by atoms with Gasteiger partial charge in [0.25, 0.3) is 0 Å². The van der Waals surface area contributed by atoms with Gasteiger partial charge < -0.3 is 11.1 Å². The van der Waals surface area contributed by atoms with E-state index in [-0.39, 0.29) is 0 Å². The molecular weight excluding hydrogens is 385 g/mol. The Kier molecular flexibility index (Phi) is 4.37. The number of amides is 1. The summed E-state index contributed by atoms with van der Waals surface area (Å²) in [7, 11) is 0. The summed E-state index contributed by atoms with van der Waals surface area (Å²) in [5, 5.41) is 8.93. The van der Waals surface area contributed by atoms with Crippen molar-refractivity contribution in [2.75, 3.05) is 5.32 Å². The Morgan fingerprint density at radius 2 is 1.89 bits per heavy atom. The van der Waals surface area contributed by atoms with Crippen LogP contribution in [-0.4, -0.2) is 20.7 Å². The van der Waals surface area contributed by atoms with Gasteiger partial charge in [-0.05, 0) is 36.8 Å². The minimum atomic E-state index is -0.523. The topological polar surface area (TPSA) is 85.8 Å². The highest BCUT2D eigenvalue weighted by Gasteiger charge is 2.33. The zero-order valence-corrected chi connectivity index (χ0v) is 15.8. The summed E-state index contributed by atoms with van der Waals surface area (Å²) in [4.78, 5) is 16.7. The molecule has 0 saturated carbocycles. The molecule has 4 rings (SSSR count). The Balaban J connectivity index is 1.88. The standard InChI is InChI=1S/C19H15Cl2N5O/c1-10-15(17(22)27)16(11-5-7-13(20)8-6-11)26-19(23-10)24-18(25-26)12-3-2-4-14(21)9-12/h2-9,16H,1H3,(H2,22,27)(H,23,24,25). The van der Waals surface area contributed by atoms with Gasteiger partial charge in [0.1, 0.15) is 6.04 Å². The number of nitrogens with zero attached hydrogens (tertiary/aromatic N) is 3. The van der Waals surface area contributed by atoms with Gasteiger partial charge in [-0.15, -0.1) is 5.10 Å². The van der Waals surface area contributed by atoms with E-state index in [0.717, 1.165) is 11.1 Å². The highest BCUT2D eigenvalue weighted by atomic mass is 35.5. The van der Waals surface area contributed by atoms with E-state index in [1.54, 1.807) is 35.9 Å². The zero-order chi connectivity index (χ0) is 19.1. The molecule has 0 spiro atoms. The first-order valence-corrected chi connectivity index (χ1v) is 8.95. The zero-order valence-electron chi connectivity index (χ0n) is 14.3. The molecule has 1 unspecified atom stereocenters. The van der Waals surface area contributed by atoms with Gasteiger partial charge in [-0.25, -0.2) is 4.68 Å². The van der Waals surface area contributed by atoms with Crippen molar-refractivity contribution in [3.63, 3.8) is 0 Å². The van der Waals surface area contributed by atoms with Crippen LogP contribution in [0.4, 0.5) is 5.95 Å². The molecule has 1 aromatic heterocycles. The molecule has 6 nitrogen and oxygen atoms in total. The number of halogens is 2. The number of carbonyl (C=O) groups is 1. The number of aromatic nitrogens is 3. The smallest absolute Gasteiger partial charge is 0.248 e. The summed E-state index contributed by atoms with van der Waals surface area (Å²) in [6, 6.07) is 14.0. The fraction of sp³-hybridized carbons (Fsp3) is 0.105. The number of hydrogen-bond donors (Lipinski definition) is 2.